The number of amides is 3. The summed E-state index contributed by atoms with van der Waals surface area (Å²) in [7, 11) is 2.48. The van der Waals surface area contributed by atoms with Crippen LogP contribution in [-0.4, -0.2) is 68.1 Å². The predicted molar refractivity (Wildman–Crippen MR) is 133 cm³/mol. The molecule has 0 spiro atoms. The predicted octanol–water partition coefficient (Wildman–Crippen LogP) is 5.35. The van der Waals surface area contributed by atoms with Gasteiger partial charge in [-0.3, -0.25) is 9.69 Å². The van der Waals surface area contributed by atoms with Gasteiger partial charge in [0.15, 0.2) is 0 Å². The molecule has 0 bridgehead atoms. The molecule has 2 aliphatic rings. The maximum atomic E-state index is 13.6. The second-order valence-electron chi connectivity index (χ2n) is 10.2. The summed E-state index contributed by atoms with van der Waals surface area (Å²) in [4.78, 5) is 30.4. The first-order valence-electron chi connectivity index (χ1n) is 12.7. The van der Waals surface area contributed by atoms with Gasteiger partial charge in [0, 0.05) is 44.7 Å². The van der Waals surface area contributed by atoms with Gasteiger partial charge in [0.25, 0.3) is 0 Å². The fraction of sp³-hybridized carbons (Fsp3) is 0.481. The van der Waals surface area contributed by atoms with E-state index in [2.05, 4.69) is 5.32 Å². The van der Waals surface area contributed by atoms with Crippen molar-refractivity contribution in [2.75, 3.05) is 45.2 Å². The number of anilines is 1. The molecule has 0 aliphatic carbocycles. The number of alkyl halides is 6. The zero-order valence-corrected chi connectivity index (χ0v) is 21.8. The van der Waals surface area contributed by atoms with Crippen molar-refractivity contribution in [3.63, 3.8) is 0 Å². The van der Waals surface area contributed by atoms with Crippen LogP contribution in [-0.2, 0) is 17.1 Å². The lowest BCUT2D eigenvalue weighted by Crippen LogP contribution is -2.48. The number of nitrogens with one attached hydrogen (secondary N) is 1. The van der Waals surface area contributed by atoms with Crippen LogP contribution in [0.1, 0.15) is 35.4 Å². The Hall–Kier alpha value is -3.35. The number of carbonyl (C=O) groups is 2. The smallest absolute Gasteiger partial charge is 0.340 e. The van der Waals surface area contributed by atoms with Gasteiger partial charge in [0.05, 0.1) is 17.2 Å². The summed E-state index contributed by atoms with van der Waals surface area (Å²) in [5.41, 5.74) is -3.02. The number of nitrogens with zero attached hydrogens (tertiary/aromatic N) is 3. The van der Waals surface area contributed by atoms with Gasteiger partial charge in [0.2, 0.25) is 5.91 Å². The Labute approximate surface area is 226 Å². The first kappa shape index (κ1) is 29.6. The van der Waals surface area contributed by atoms with Crippen LogP contribution in [0.2, 0.25) is 0 Å². The van der Waals surface area contributed by atoms with Gasteiger partial charge in [-0.25, -0.2) is 9.18 Å². The Kier molecular flexibility index (Phi) is 8.34. The molecule has 4 rings (SSSR count). The minimum Gasteiger partial charge on any atom is -0.340 e. The maximum Gasteiger partial charge on any atom is 0.416 e. The number of likely N-dealkylation sites (tertiary alicyclic amines) is 1. The monoisotopic (exact) mass is 574 g/mol. The third-order valence-corrected chi connectivity index (χ3v) is 7.63. The SMILES string of the molecule is CN(C(=O)N(C)[C@@H]1CN(C(=O)C2CCNCC2)C[C@H]1c1ccc(F)cc1)c1cc(C(F)(F)F)cc(C(F)(F)F)c1. The lowest BCUT2D eigenvalue weighted by molar-refractivity contribution is -0.143. The summed E-state index contributed by atoms with van der Waals surface area (Å²) in [6.07, 6.45) is -8.84. The number of hydrogen-bond acceptors (Lipinski definition) is 3. The molecule has 1 N–H and O–H groups in total. The summed E-state index contributed by atoms with van der Waals surface area (Å²) >= 11 is 0. The van der Waals surface area contributed by atoms with E-state index in [1.165, 1.54) is 36.2 Å². The molecule has 2 heterocycles. The molecule has 0 unspecified atom stereocenters. The van der Waals surface area contributed by atoms with E-state index in [1.807, 2.05) is 0 Å². The molecule has 3 amide bonds. The molecule has 40 heavy (non-hydrogen) atoms. The summed E-state index contributed by atoms with van der Waals surface area (Å²) in [6, 6.07) is 5.01. The number of benzene rings is 2. The third kappa shape index (κ3) is 6.34. The average Bonchev–Trinajstić information content (AvgIpc) is 3.36. The molecular weight excluding hydrogens is 545 g/mol. The Bertz CT molecular complexity index is 1190. The highest BCUT2D eigenvalue weighted by Gasteiger charge is 2.43. The number of piperidine rings is 1. The molecule has 2 fully saturated rings. The van der Waals surface area contributed by atoms with E-state index in [1.54, 1.807) is 4.90 Å². The van der Waals surface area contributed by atoms with Crippen LogP contribution in [0.25, 0.3) is 0 Å². The van der Waals surface area contributed by atoms with E-state index >= 15 is 0 Å². The van der Waals surface area contributed by atoms with Crippen molar-refractivity contribution >= 4 is 17.6 Å². The van der Waals surface area contributed by atoms with Crippen molar-refractivity contribution in [3.05, 3.63) is 65.0 Å². The molecular formula is C27H29F7N4O2. The number of urea groups is 1. The molecule has 0 saturated carbocycles. The van der Waals surface area contributed by atoms with Crippen LogP contribution in [0.3, 0.4) is 0 Å². The summed E-state index contributed by atoms with van der Waals surface area (Å²) < 4.78 is 94.0. The average molecular weight is 575 g/mol. The number of rotatable bonds is 4. The summed E-state index contributed by atoms with van der Waals surface area (Å²) in [6.45, 7) is 1.71. The normalized spacial score (nSPS) is 20.5. The lowest BCUT2D eigenvalue weighted by Gasteiger charge is -2.33. The lowest BCUT2D eigenvalue weighted by atomic mass is 9.93. The van der Waals surface area contributed by atoms with Gasteiger partial charge in [0.1, 0.15) is 5.82 Å². The van der Waals surface area contributed by atoms with Gasteiger partial charge in [-0.1, -0.05) is 12.1 Å². The van der Waals surface area contributed by atoms with Crippen molar-refractivity contribution in [2.45, 2.75) is 37.2 Å². The highest BCUT2D eigenvalue weighted by atomic mass is 19.4. The van der Waals surface area contributed by atoms with Crippen molar-refractivity contribution in [1.82, 2.24) is 15.1 Å². The standard InChI is InChI=1S/C27H29F7N4O2/c1-36(21-12-18(26(29,30)31)11-19(13-21)27(32,33)34)25(40)37(2)23-15-38(24(39)17-7-9-35-10-8-17)14-22(23)16-3-5-20(28)6-4-16/h3-6,11-13,17,22-23,35H,7-10,14-15H2,1-2H3/t22-,23+/m0/s1. The second kappa shape index (κ2) is 11.3. The highest BCUT2D eigenvalue weighted by Crippen LogP contribution is 2.39. The number of carbonyl (C=O) groups excluding carboxylic acids is 2. The topological polar surface area (TPSA) is 55.9 Å². The minimum atomic E-state index is -5.07. The molecule has 2 aliphatic heterocycles. The Morgan fingerprint density at radius 3 is 1.95 bits per heavy atom. The molecule has 2 saturated heterocycles. The van der Waals surface area contributed by atoms with Gasteiger partial charge < -0.3 is 15.1 Å². The molecule has 0 aromatic heterocycles. The highest BCUT2D eigenvalue weighted by molar-refractivity contribution is 5.92. The zero-order chi connectivity index (χ0) is 29.4. The van der Waals surface area contributed by atoms with Crippen LogP contribution < -0.4 is 10.2 Å². The molecule has 13 heteroatoms. The molecule has 2 aromatic carbocycles. The van der Waals surface area contributed by atoms with Crippen molar-refractivity contribution in [2.24, 2.45) is 5.92 Å². The van der Waals surface area contributed by atoms with E-state index in [0.29, 0.717) is 43.6 Å². The molecule has 218 valence electrons. The van der Waals surface area contributed by atoms with Crippen LogP contribution in [0.4, 0.5) is 41.2 Å². The first-order valence-corrected chi connectivity index (χ1v) is 12.7. The molecule has 2 aromatic rings. The van der Waals surface area contributed by atoms with E-state index in [-0.39, 0.29) is 31.0 Å². The Morgan fingerprint density at radius 1 is 0.875 bits per heavy atom. The van der Waals surface area contributed by atoms with E-state index in [9.17, 15) is 40.3 Å². The number of hydrogen-bond donors (Lipinski definition) is 1. The van der Waals surface area contributed by atoms with Gasteiger partial charge in [-0.05, 0) is 61.8 Å². The number of halogens is 7. The van der Waals surface area contributed by atoms with Gasteiger partial charge >= 0.3 is 18.4 Å². The van der Waals surface area contributed by atoms with Crippen molar-refractivity contribution in [3.8, 4) is 0 Å². The van der Waals surface area contributed by atoms with Crippen LogP contribution in [0.15, 0.2) is 42.5 Å². The molecule has 6 nitrogen and oxygen atoms in total. The van der Waals surface area contributed by atoms with Crippen molar-refractivity contribution < 1.29 is 40.3 Å². The van der Waals surface area contributed by atoms with Crippen LogP contribution >= 0.6 is 0 Å². The van der Waals surface area contributed by atoms with E-state index in [4.69, 9.17) is 0 Å². The van der Waals surface area contributed by atoms with Crippen LogP contribution in [0, 0.1) is 11.7 Å². The van der Waals surface area contributed by atoms with E-state index in [0.717, 1.165) is 11.9 Å². The summed E-state index contributed by atoms with van der Waals surface area (Å²) in [5.74, 6) is -1.22. The van der Waals surface area contributed by atoms with Crippen molar-refractivity contribution in [1.29, 1.82) is 0 Å². The zero-order valence-electron chi connectivity index (χ0n) is 21.8. The third-order valence-electron chi connectivity index (χ3n) is 7.63. The largest absolute Gasteiger partial charge is 0.416 e. The Balaban J connectivity index is 1.63. The molecule has 2 atom stereocenters. The quantitative estimate of drug-likeness (QED) is 0.502. The molecule has 0 radical (unpaired) electrons. The Morgan fingerprint density at radius 2 is 1.43 bits per heavy atom. The number of likely N-dealkylation sites (N-methyl/N-ethyl adjacent to an activating group) is 1. The maximum absolute atomic E-state index is 13.6. The van der Waals surface area contributed by atoms with Gasteiger partial charge in [-0.15, -0.1) is 0 Å². The summed E-state index contributed by atoms with van der Waals surface area (Å²) in [5, 5.41) is 3.19. The fourth-order valence-corrected chi connectivity index (χ4v) is 5.34. The minimum absolute atomic E-state index is 0.00264. The van der Waals surface area contributed by atoms with Crippen LogP contribution in [0.5, 0.6) is 0 Å². The first-order chi connectivity index (χ1) is 18.7. The van der Waals surface area contributed by atoms with E-state index < -0.39 is 53.0 Å². The van der Waals surface area contributed by atoms with Gasteiger partial charge in [-0.2, -0.15) is 26.3 Å². The second-order valence-corrected chi connectivity index (χ2v) is 10.2. The fourth-order valence-electron chi connectivity index (χ4n) is 5.34.